The Bertz CT molecular complexity index is 502. The van der Waals surface area contributed by atoms with Crippen LogP contribution in [0.5, 0.6) is 0 Å². The van der Waals surface area contributed by atoms with Crippen molar-refractivity contribution >= 4 is 16.2 Å². The Kier molecular flexibility index (Phi) is 13.2. The minimum absolute atomic E-state index is 0.248. The molecule has 0 aromatic carbocycles. The molecule has 1 amide bonds. The SMILES string of the molecule is CCCC[N+](CCCC)(CCCC)CCCC.C[C@H]1[C@H](N)C(=O)N1S(=O)(=O)[O-]. The monoisotopic (exact) mass is 421 g/mol. The number of hydrogen-bond acceptors (Lipinski definition) is 5. The first kappa shape index (κ1) is 27.3. The summed E-state index contributed by atoms with van der Waals surface area (Å²) in [7, 11) is -4.64. The smallest absolute Gasteiger partial charge is 0.254 e. The molecule has 8 heteroatoms. The highest BCUT2D eigenvalue weighted by Crippen LogP contribution is 2.20. The van der Waals surface area contributed by atoms with Gasteiger partial charge in [0.25, 0.3) is 5.91 Å². The van der Waals surface area contributed by atoms with E-state index in [1.165, 1.54) is 89.0 Å². The second-order valence-electron chi connectivity index (χ2n) is 8.01. The van der Waals surface area contributed by atoms with Crippen LogP contribution in [-0.2, 0) is 15.1 Å². The molecule has 0 unspecified atom stereocenters. The van der Waals surface area contributed by atoms with Crippen LogP contribution in [0.3, 0.4) is 0 Å². The highest BCUT2D eigenvalue weighted by atomic mass is 32.2. The number of hydrogen-bond donors (Lipinski definition) is 1. The molecule has 0 bridgehead atoms. The highest BCUT2D eigenvalue weighted by molar-refractivity contribution is 7.84. The fourth-order valence-corrected chi connectivity index (χ4v) is 4.46. The normalized spacial score (nSPS) is 19.8. The van der Waals surface area contributed by atoms with E-state index in [0.717, 1.165) is 0 Å². The Morgan fingerprint density at radius 2 is 1.21 bits per heavy atom. The van der Waals surface area contributed by atoms with Crippen molar-refractivity contribution in [3.8, 4) is 0 Å². The lowest BCUT2D eigenvalue weighted by Crippen LogP contribution is -2.68. The summed E-state index contributed by atoms with van der Waals surface area (Å²) in [4.78, 5) is 10.6. The molecule has 0 saturated carbocycles. The molecule has 0 aromatic rings. The van der Waals surface area contributed by atoms with Crippen molar-refractivity contribution in [2.24, 2.45) is 5.73 Å². The van der Waals surface area contributed by atoms with E-state index in [9.17, 15) is 17.8 Å². The van der Waals surface area contributed by atoms with Crippen LogP contribution in [0.4, 0.5) is 0 Å². The average Bonchev–Trinajstić information content (AvgIpc) is 2.66. The Labute approximate surface area is 173 Å². The number of carbonyl (C=O) groups excluding carboxylic acids is 1. The van der Waals surface area contributed by atoms with E-state index in [0.29, 0.717) is 0 Å². The number of β-lactam (4-membered cyclic amide) rings is 1. The quantitative estimate of drug-likeness (QED) is 0.280. The lowest BCUT2D eigenvalue weighted by molar-refractivity contribution is -0.929. The molecule has 0 aromatic heterocycles. The van der Waals surface area contributed by atoms with E-state index in [4.69, 9.17) is 5.73 Å². The first-order valence-corrected chi connectivity index (χ1v) is 12.4. The average molecular weight is 422 g/mol. The summed E-state index contributed by atoms with van der Waals surface area (Å²) in [5.41, 5.74) is 5.16. The Morgan fingerprint density at radius 1 is 0.893 bits per heavy atom. The van der Waals surface area contributed by atoms with Crippen molar-refractivity contribution in [2.75, 3.05) is 26.2 Å². The predicted octanol–water partition coefficient (Wildman–Crippen LogP) is 3.01. The van der Waals surface area contributed by atoms with Crippen LogP contribution >= 0.6 is 0 Å². The van der Waals surface area contributed by atoms with Crippen LogP contribution in [0.2, 0.25) is 0 Å². The van der Waals surface area contributed by atoms with Gasteiger partial charge >= 0.3 is 0 Å². The Morgan fingerprint density at radius 3 is 1.39 bits per heavy atom. The minimum Gasteiger partial charge on any atom is -0.731 e. The standard InChI is InChI=1S/C16H36N.C4H8N2O4S/c1-5-9-13-17(14-10-6-2,15-11-7-3)16-12-8-4;1-2-3(5)4(7)6(2)11(8,9)10/h5-16H2,1-4H3;2-3H,5H2,1H3,(H,8,9,10)/q+1;/p-1/t;2-,3-/m.0/s1. The maximum absolute atomic E-state index is 10.6. The van der Waals surface area contributed by atoms with Crippen molar-refractivity contribution < 1.29 is 22.2 Å². The van der Waals surface area contributed by atoms with Gasteiger partial charge in [-0.1, -0.05) is 53.4 Å². The predicted molar refractivity (Wildman–Crippen MR) is 113 cm³/mol. The van der Waals surface area contributed by atoms with Crippen molar-refractivity contribution in [1.82, 2.24) is 4.31 Å². The van der Waals surface area contributed by atoms with Crippen molar-refractivity contribution in [1.29, 1.82) is 0 Å². The molecule has 7 nitrogen and oxygen atoms in total. The zero-order valence-electron chi connectivity index (χ0n) is 18.7. The second-order valence-corrected chi connectivity index (χ2v) is 9.26. The molecular weight excluding hydrogens is 378 g/mol. The molecule has 0 aliphatic carbocycles. The summed E-state index contributed by atoms with van der Waals surface area (Å²) in [6, 6.07) is -1.55. The maximum Gasteiger partial charge on any atom is 0.254 e. The molecule has 1 aliphatic rings. The fraction of sp³-hybridized carbons (Fsp3) is 0.950. The molecule has 2 N–H and O–H groups in total. The van der Waals surface area contributed by atoms with Crippen LogP contribution < -0.4 is 5.73 Å². The molecule has 2 atom stereocenters. The fourth-order valence-electron chi connectivity index (χ4n) is 3.58. The van der Waals surface area contributed by atoms with Gasteiger partial charge in [0.1, 0.15) is 6.04 Å². The van der Waals surface area contributed by atoms with Gasteiger partial charge in [0.2, 0.25) is 0 Å². The lowest BCUT2D eigenvalue weighted by Gasteiger charge is -2.43. The number of quaternary nitrogens is 1. The van der Waals surface area contributed by atoms with E-state index in [2.05, 4.69) is 27.7 Å². The Hall–Kier alpha value is -0.700. The molecule has 1 saturated heterocycles. The third-order valence-electron chi connectivity index (χ3n) is 5.58. The van der Waals surface area contributed by atoms with E-state index in [1.807, 2.05) is 0 Å². The van der Waals surface area contributed by atoms with Crippen molar-refractivity contribution in [2.45, 2.75) is 98.1 Å². The van der Waals surface area contributed by atoms with Gasteiger partial charge < -0.3 is 14.8 Å². The van der Waals surface area contributed by atoms with E-state index in [1.54, 1.807) is 0 Å². The van der Waals surface area contributed by atoms with Crippen LogP contribution in [0, 0.1) is 0 Å². The molecule has 1 aliphatic heterocycles. The summed E-state index contributed by atoms with van der Waals surface area (Å²) >= 11 is 0. The third kappa shape index (κ3) is 8.76. The summed E-state index contributed by atoms with van der Waals surface area (Å²) in [5.74, 6) is -0.826. The zero-order valence-corrected chi connectivity index (χ0v) is 19.5. The number of carbonyl (C=O) groups is 1. The molecule has 1 fully saturated rings. The largest absolute Gasteiger partial charge is 0.731 e. The topological polar surface area (TPSA) is 104 Å². The zero-order chi connectivity index (χ0) is 21.8. The minimum atomic E-state index is -4.64. The molecule has 28 heavy (non-hydrogen) atoms. The van der Waals surface area contributed by atoms with Crippen molar-refractivity contribution in [3.05, 3.63) is 0 Å². The number of unbranched alkanes of at least 4 members (excludes halogenated alkanes) is 4. The van der Waals surface area contributed by atoms with Crippen LogP contribution in [0.25, 0.3) is 0 Å². The molecule has 1 rings (SSSR count). The van der Waals surface area contributed by atoms with Gasteiger partial charge in [0.05, 0.1) is 32.2 Å². The number of nitrogens with zero attached hydrogens (tertiary/aromatic N) is 2. The Balaban J connectivity index is 0.000000567. The van der Waals surface area contributed by atoms with Gasteiger partial charge in [-0.25, -0.2) is 12.7 Å². The van der Waals surface area contributed by atoms with Crippen LogP contribution in [0.15, 0.2) is 0 Å². The van der Waals surface area contributed by atoms with E-state index < -0.39 is 28.3 Å². The third-order valence-corrected chi connectivity index (χ3v) is 6.57. The first-order chi connectivity index (χ1) is 13.1. The van der Waals surface area contributed by atoms with Gasteiger partial charge in [-0.2, -0.15) is 0 Å². The van der Waals surface area contributed by atoms with Gasteiger partial charge in [-0.05, 0) is 32.6 Å². The molecule has 0 spiro atoms. The molecule has 1 heterocycles. The molecule has 168 valence electrons. The summed E-state index contributed by atoms with van der Waals surface area (Å²) in [6.07, 6.45) is 11.1. The lowest BCUT2D eigenvalue weighted by atomic mass is 10.0. The molecular formula is C20H43N3O4S. The summed E-state index contributed by atoms with van der Waals surface area (Å²) < 4.78 is 32.5. The highest BCUT2D eigenvalue weighted by Gasteiger charge is 2.45. The van der Waals surface area contributed by atoms with Gasteiger partial charge in [-0.15, -0.1) is 0 Å². The molecule has 0 radical (unpaired) electrons. The van der Waals surface area contributed by atoms with Gasteiger partial charge in [0, 0.05) is 0 Å². The van der Waals surface area contributed by atoms with Crippen LogP contribution in [-0.4, -0.2) is 65.9 Å². The maximum atomic E-state index is 10.6. The second kappa shape index (κ2) is 13.5. The summed E-state index contributed by atoms with van der Waals surface area (Å²) in [5, 5.41) is 0. The van der Waals surface area contributed by atoms with Crippen molar-refractivity contribution in [3.63, 3.8) is 0 Å². The summed E-state index contributed by atoms with van der Waals surface area (Å²) in [6.45, 7) is 16.4. The number of nitrogens with two attached hydrogens (primary N) is 1. The number of amides is 1. The van der Waals surface area contributed by atoms with Gasteiger partial charge in [0.15, 0.2) is 10.3 Å². The van der Waals surface area contributed by atoms with Gasteiger partial charge in [-0.3, -0.25) is 4.79 Å². The first-order valence-electron chi connectivity index (χ1n) is 11.0. The number of rotatable bonds is 13. The van der Waals surface area contributed by atoms with E-state index >= 15 is 0 Å². The van der Waals surface area contributed by atoms with Crippen LogP contribution in [0.1, 0.15) is 86.0 Å². The van der Waals surface area contributed by atoms with E-state index in [-0.39, 0.29) is 4.31 Å².